The minimum atomic E-state index is 0.253. The van der Waals surface area contributed by atoms with Crippen molar-refractivity contribution in [2.75, 3.05) is 7.11 Å². The van der Waals surface area contributed by atoms with Crippen molar-refractivity contribution in [2.24, 2.45) is 11.8 Å². The second-order valence-electron chi connectivity index (χ2n) is 4.31. The first-order chi connectivity index (χ1) is 6.65. The topological polar surface area (TPSA) is 47.3 Å². The van der Waals surface area contributed by atoms with Gasteiger partial charge in [0.2, 0.25) is 0 Å². The fourth-order valence-corrected chi connectivity index (χ4v) is 1.66. The SMILES string of the molecule is CCCC(OC)C(CCC(C)C)NN. The van der Waals surface area contributed by atoms with Gasteiger partial charge in [-0.3, -0.25) is 11.3 Å². The molecule has 2 atom stereocenters. The maximum Gasteiger partial charge on any atom is 0.0737 e. The predicted octanol–water partition coefficient (Wildman–Crippen LogP) is 2.07. The van der Waals surface area contributed by atoms with Crippen LogP contribution in [0.3, 0.4) is 0 Å². The van der Waals surface area contributed by atoms with E-state index < -0.39 is 0 Å². The molecule has 0 aromatic carbocycles. The Morgan fingerprint density at radius 1 is 1.21 bits per heavy atom. The highest BCUT2D eigenvalue weighted by atomic mass is 16.5. The number of methoxy groups -OCH3 is 1. The Kier molecular flexibility index (Phi) is 8.14. The zero-order valence-electron chi connectivity index (χ0n) is 10.0. The molecule has 0 aliphatic carbocycles. The van der Waals surface area contributed by atoms with Crippen molar-refractivity contribution in [1.82, 2.24) is 5.43 Å². The fraction of sp³-hybridized carbons (Fsp3) is 1.00. The van der Waals surface area contributed by atoms with E-state index in [1.807, 2.05) is 0 Å². The molecule has 14 heavy (non-hydrogen) atoms. The van der Waals surface area contributed by atoms with Gasteiger partial charge in [0.25, 0.3) is 0 Å². The standard InChI is InChI=1S/C11H26N2O/c1-5-6-11(14-4)10(13-12)8-7-9(2)3/h9-11,13H,5-8,12H2,1-4H3. The summed E-state index contributed by atoms with van der Waals surface area (Å²) in [6.45, 7) is 6.63. The van der Waals surface area contributed by atoms with Crippen LogP contribution in [0.15, 0.2) is 0 Å². The lowest BCUT2D eigenvalue weighted by Crippen LogP contribution is -2.45. The third-order valence-corrected chi connectivity index (χ3v) is 2.59. The molecule has 0 spiro atoms. The third kappa shape index (κ3) is 5.58. The van der Waals surface area contributed by atoms with Gasteiger partial charge < -0.3 is 4.74 Å². The van der Waals surface area contributed by atoms with Crippen molar-refractivity contribution < 1.29 is 4.74 Å². The molecule has 0 radical (unpaired) electrons. The lowest BCUT2D eigenvalue weighted by Gasteiger charge is -2.25. The van der Waals surface area contributed by atoms with Crippen LogP contribution in [0.5, 0.6) is 0 Å². The number of nitrogens with two attached hydrogens (primary N) is 1. The first-order valence-electron chi connectivity index (χ1n) is 5.64. The van der Waals surface area contributed by atoms with Crippen LogP contribution in [0, 0.1) is 5.92 Å². The van der Waals surface area contributed by atoms with Gasteiger partial charge in [-0.2, -0.15) is 0 Å². The zero-order valence-corrected chi connectivity index (χ0v) is 10.0. The van der Waals surface area contributed by atoms with Gasteiger partial charge in [0.1, 0.15) is 0 Å². The van der Waals surface area contributed by atoms with Crippen LogP contribution >= 0.6 is 0 Å². The molecular formula is C11H26N2O. The van der Waals surface area contributed by atoms with E-state index in [4.69, 9.17) is 10.6 Å². The summed E-state index contributed by atoms with van der Waals surface area (Å²) < 4.78 is 5.43. The second kappa shape index (κ2) is 8.21. The number of nitrogens with one attached hydrogen (secondary N) is 1. The molecule has 0 fully saturated rings. The largest absolute Gasteiger partial charge is 0.380 e. The molecule has 0 rings (SSSR count). The van der Waals surface area contributed by atoms with E-state index in [-0.39, 0.29) is 6.10 Å². The quantitative estimate of drug-likeness (QED) is 0.468. The van der Waals surface area contributed by atoms with E-state index in [1.165, 1.54) is 6.42 Å². The van der Waals surface area contributed by atoms with Gasteiger partial charge in [0.15, 0.2) is 0 Å². The Labute approximate surface area is 88.4 Å². The Morgan fingerprint density at radius 3 is 2.21 bits per heavy atom. The average Bonchev–Trinajstić information content (AvgIpc) is 2.16. The summed E-state index contributed by atoms with van der Waals surface area (Å²) >= 11 is 0. The number of ether oxygens (including phenoxy) is 1. The van der Waals surface area contributed by atoms with Gasteiger partial charge in [0, 0.05) is 13.2 Å². The van der Waals surface area contributed by atoms with Crippen LogP contribution in [0.2, 0.25) is 0 Å². The smallest absolute Gasteiger partial charge is 0.0737 e. The summed E-state index contributed by atoms with van der Waals surface area (Å²) in [6.07, 6.45) is 4.75. The molecule has 0 bridgehead atoms. The van der Waals surface area contributed by atoms with Gasteiger partial charge in [-0.1, -0.05) is 27.2 Å². The molecule has 0 aliphatic rings. The minimum absolute atomic E-state index is 0.253. The van der Waals surface area contributed by atoms with Crippen molar-refractivity contribution in [3.63, 3.8) is 0 Å². The summed E-state index contributed by atoms with van der Waals surface area (Å²) in [5.74, 6) is 6.26. The normalized spacial score (nSPS) is 15.9. The fourth-order valence-electron chi connectivity index (χ4n) is 1.66. The summed E-state index contributed by atoms with van der Waals surface area (Å²) in [6, 6.07) is 0.294. The van der Waals surface area contributed by atoms with Gasteiger partial charge in [-0.05, 0) is 25.2 Å². The molecule has 0 aromatic rings. The summed E-state index contributed by atoms with van der Waals surface area (Å²) in [5.41, 5.74) is 2.87. The lowest BCUT2D eigenvalue weighted by molar-refractivity contribution is 0.0564. The molecule has 0 heterocycles. The molecule has 0 saturated carbocycles. The molecule has 3 N–H and O–H groups in total. The molecule has 0 amide bonds. The summed E-state index contributed by atoms with van der Waals surface area (Å²) in [4.78, 5) is 0. The van der Waals surface area contributed by atoms with Crippen LogP contribution in [-0.2, 0) is 4.74 Å². The van der Waals surface area contributed by atoms with E-state index >= 15 is 0 Å². The van der Waals surface area contributed by atoms with Crippen molar-refractivity contribution >= 4 is 0 Å². The summed E-state index contributed by atoms with van der Waals surface area (Å²) in [5, 5.41) is 0. The highest BCUT2D eigenvalue weighted by Crippen LogP contribution is 2.14. The monoisotopic (exact) mass is 202 g/mol. The Morgan fingerprint density at radius 2 is 1.86 bits per heavy atom. The van der Waals surface area contributed by atoms with Gasteiger partial charge in [0.05, 0.1) is 6.10 Å². The predicted molar refractivity (Wildman–Crippen MR) is 60.9 cm³/mol. The third-order valence-electron chi connectivity index (χ3n) is 2.59. The van der Waals surface area contributed by atoms with Crippen molar-refractivity contribution in [1.29, 1.82) is 0 Å². The van der Waals surface area contributed by atoms with Crippen LogP contribution in [-0.4, -0.2) is 19.3 Å². The molecule has 0 saturated heterocycles. The van der Waals surface area contributed by atoms with E-state index in [0.717, 1.165) is 25.2 Å². The second-order valence-corrected chi connectivity index (χ2v) is 4.31. The minimum Gasteiger partial charge on any atom is -0.380 e. The zero-order chi connectivity index (χ0) is 11.0. The van der Waals surface area contributed by atoms with Crippen molar-refractivity contribution in [3.8, 4) is 0 Å². The van der Waals surface area contributed by atoms with E-state index in [1.54, 1.807) is 7.11 Å². The van der Waals surface area contributed by atoms with Gasteiger partial charge in [-0.25, -0.2) is 0 Å². The van der Waals surface area contributed by atoms with E-state index in [9.17, 15) is 0 Å². The first-order valence-corrected chi connectivity index (χ1v) is 5.64. The maximum absolute atomic E-state index is 5.54. The number of rotatable bonds is 8. The van der Waals surface area contributed by atoms with Gasteiger partial charge in [-0.15, -0.1) is 0 Å². The lowest BCUT2D eigenvalue weighted by atomic mass is 9.98. The van der Waals surface area contributed by atoms with Gasteiger partial charge >= 0.3 is 0 Å². The Balaban J connectivity index is 3.94. The van der Waals surface area contributed by atoms with Crippen LogP contribution in [0.1, 0.15) is 46.5 Å². The van der Waals surface area contributed by atoms with Crippen LogP contribution < -0.4 is 11.3 Å². The van der Waals surface area contributed by atoms with Crippen LogP contribution in [0.4, 0.5) is 0 Å². The van der Waals surface area contributed by atoms with Crippen LogP contribution in [0.25, 0.3) is 0 Å². The van der Waals surface area contributed by atoms with Crippen molar-refractivity contribution in [2.45, 2.75) is 58.6 Å². The molecule has 0 aromatic heterocycles. The highest BCUT2D eigenvalue weighted by molar-refractivity contribution is 4.75. The Hall–Kier alpha value is -0.120. The van der Waals surface area contributed by atoms with E-state index in [2.05, 4.69) is 26.2 Å². The molecule has 2 unspecified atom stereocenters. The number of hydrogen-bond acceptors (Lipinski definition) is 3. The summed E-state index contributed by atoms with van der Waals surface area (Å²) in [7, 11) is 1.76. The Bertz CT molecular complexity index is 128. The molecular weight excluding hydrogens is 176 g/mol. The van der Waals surface area contributed by atoms with Crippen molar-refractivity contribution in [3.05, 3.63) is 0 Å². The molecule has 3 heteroatoms. The molecule has 3 nitrogen and oxygen atoms in total. The highest BCUT2D eigenvalue weighted by Gasteiger charge is 2.18. The number of hydrazine groups is 1. The number of hydrogen-bond donors (Lipinski definition) is 2. The molecule has 0 aliphatic heterocycles. The first kappa shape index (κ1) is 13.9. The molecule has 86 valence electrons. The maximum atomic E-state index is 5.54. The van der Waals surface area contributed by atoms with E-state index in [0.29, 0.717) is 6.04 Å². The average molecular weight is 202 g/mol.